The lowest BCUT2D eigenvalue weighted by Gasteiger charge is -2.14. The topological polar surface area (TPSA) is 78.3 Å². The maximum Gasteiger partial charge on any atom is 0.220 e. The number of rotatable bonds is 6. The van der Waals surface area contributed by atoms with E-state index in [1.807, 2.05) is 56.3 Å². The molecule has 1 amide bonds. The van der Waals surface area contributed by atoms with Crippen LogP contribution in [0.1, 0.15) is 23.6 Å². The normalized spacial score (nSPS) is 12.0. The summed E-state index contributed by atoms with van der Waals surface area (Å²) in [7, 11) is 0. The Hall–Kier alpha value is -2.33. The highest BCUT2D eigenvalue weighted by Gasteiger charge is 2.13. The van der Waals surface area contributed by atoms with E-state index in [1.54, 1.807) is 0 Å². The van der Waals surface area contributed by atoms with Crippen LogP contribution in [0, 0.1) is 12.8 Å². The Morgan fingerprint density at radius 3 is 2.32 bits per heavy atom. The largest absolute Gasteiger partial charge is 0.457 e. The van der Waals surface area contributed by atoms with Gasteiger partial charge < -0.3 is 16.2 Å². The molecule has 4 N–H and O–H groups in total. The van der Waals surface area contributed by atoms with Crippen molar-refractivity contribution in [2.24, 2.45) is 17.4 Å². The zero-order valence-corrected chi connectivity index (χ0v) is 13.0. The maximum atomic E-state index is 11.3. The molecule has 0 aromatic heterocycles. The van der Waals surface area contributed by atoms with E-state index in [0.717, 1.165) is 22.6 Å². The van der Waals surface area contributed by atoms with Gasteiger partial charge in [0, 0.05) is 12.5 Å². The Balaban J connectivity index is 2.22. The second-order valence-corrected chi connectivity index (χ2v) is 5.56. The van der Waals surface area contributed by atoms with E-state index in [4.69, 9.17) is 16.2 Å². The van der Waals surface area contributed by atoms with Crippen molar-refractivity contribution in [2.45, 2.75) is 26.8 Å². The zero-order valence-electron chi connectivity index (χ0n) is 13.0. The summed E-state index contributed by atoms with van der Waals surface area (Å²) >= 11 is 0. The Kier molecular flexibility index (Phi) is 5.17. The molecule has 0 bridgehead atoms. The third kappa shape index (κ3) is 4.09. The average Bonchev–Trinajstić information content (AvgIpc) is 2.50. The highest BCUT2D eigenvalue weighted by atomic mass is 16.5. The first-order valence-corrected chi connectivity index (χ1v) is 7.35. The fourth-order valence-corrected chi connectivity index (χ4v) is 2.23. The van der Waals surface area contributed by atoms with Crippen molar-refractivity contribution in [1.82, 2.24) is 0 Å². The molecule has 0 saturated carbocycles. The molecule has 1 unspecified atom stereocenters. The monoisotopic (exact) mass is 298 g/mol. The van der Waals surface area contributed by atoms with Crippen molar-refractivity contribution in [3.8, 4) is 11.5 Å². The van der Waals surface area contributed by atoms with Crippen LogP contribution in [0.5, 0.6) is 11.5 Å². The van der Waals surface area contributed by atoms with Gasteiger partial charge in [-0.25, -0.2) is 0 Å². The molecule has 0 aliphatic rings. The number of hydrogen-bond acceptors (Lipinski definition) is 3. The molecule has 0 aliphatic heterocycles. The summed E-state index contributed by atoms with van der Waals surface area (Å²) in [6.07, 6.45) is 0.562. The van der Waals surface area contributed by atoms with Gasteiger partial charge in [-0.05, 0) is 48.7 Å². The van der Waals surface area contributed by atoms with Crippen molar-refractivity contribution in [2.75, 3.05) is 0 Å². The van der Waals surface area contributed by atoms with Crippen molar-refractivity contribution in [3.63, 3.8) is 0 Å². The summed E-state index contributed by atoms with van der Waals surface area (Å²) in [4.78, 5) is 11.3. The Bertz CT molecular complexity index is 651. The fraction of sp³-hybridized carbons (Fsp3) is 0.278. The summed E-state index contributed by atoms with van der Waals surface area (Å²) in [5.41, 5.74) is 14.3. The van der Waals surface area contributed by atoms with E-state index in [9.17, 15) is 4.79 Å². The molecule has 2 aromatic rings. The minimum Gasteiger partial charge on any atom is -0.457 e. The van der Waals surface area contributed by atoms with Crippen LogP contribution in [0.4, 0.5) is 0 Å². The van der Waals surface area contributed by atoms with E-state index in [2.05, 4.69) is 0 Å². The SMILES string of the molecule is Cc1ccc(Oc2ccc(CN)c(CC(C)C(N)=O)c2)cc1. The van der Waals surface area contributed by atoms with Gasteiger partial charge in [-0.2, -0.15) is 0 Å². The maximum absolute atomic E-state index is 11.3. The first kappa shape index (κ1) is 16.0. The summed E-state index contributed by atoms with van der Waals surface area (Å²) in [5.74, 6) is 0.959. The third-order valence-corrected chi connectivity index (χ3v) is 3.67. The fourth-order valence-electron chi connectivity index (χ4n) is 2.23. The minimum absolute atomic E-state index is 0.236. The molecule has 0 fully saturated rings. The molecular weight excluding hydrogens is 276 g/mol. The van der Waals surface area contributed by atoms with Crippen LogP contribution >= 0.6 is 0 Å². The third-order valence-electron chi connectivity index (χ3n) is 3.67. The predicted molar refractivity (Wildman–Crippen MR) is 87.6 cm³/mol. The predicted octanol–water partition coefficient (Wildman–Crippen LogP) is 2.91. The highest BCUT2D eigenvalue weighted by molar-refractivity contribution is 5.76. The Morgan fingerprint density at radius 1 is 1.09 bits per heavy atom. The number of ether oxygens (including phenoxy) is 1. The van der Waals surface area contributed by atoms with E-state index < -0.39 is 0 Å². The zero-order chi connectivity index (χ0) is 16.1. The quantitative estimate of drug-likeness (QED) is 0.860. The first-order valence-electron chi connectivity index (χ1n) is 7.35. The van der Waals surface area contributed by atoms with E-state index in [1.165, 1.54) is 5.56 Å². The molecule has 0 saturated heterocycles. The van der Waals surface area contributed by atoms with E-state index in [-0.39, 0.29) is 11.8 Å². The molecule has 0 aliphatic carbocycles. The van der Waals surface area contributed by atoms with E-state index in [0.29, 0.717) is 13.0 Å². The molecular formula is C18H22N2O2. The number of amides is 1. The van der Waals surface area contributed by atoms with Crippen LogP contribution in [-0.4, -0.2) is 5.91 Å². The average molecular weight is 298 g/mol. The molecule has 0 radical (unpaired) electrons. The van der Waals surface area contributed by atoms with Crippen LogP contribution < -0.4 is 16.2 Å². The number of benzene rings is 2. The van der Waals surface area contributed by atoms with Gasteiger partial charge in [-0.15, -0.1) is 0 Å². The van der Waals surface area contributed by atoms with Crippen LogP contribution in [0.15, 0.2) is 42.5 Å². The van der Waals surface area contributed by atoms with Crippen molar-refractivity contribution < 1.29 is 9.53 Å². The van der Waals surface area contributed by atoms with Gasteiger partial charge in [-0.3, -0.25) is 4.79 Å². The number of aryl methyl sites for hydroxylation is 1. The summed E-state index contributed by atoms with van der Waals surface area (Å²) in [6.45, 7) is 4.27. The number of carbonyl (C=O) groups excluding carboxylic acids is 1. The van der Waals surface area contributed by atoms with Gasteiger partial charge in [0.1, 0.15) is 11.5 Å². The lowest BCUT2D eigenvalue weighted by Crippen LogP contribution is -2.23. The van der Waals surface area contributed by atoms with Gasteiger partial charge in [0.15, 0.2) is 0 Å². The van der Waals surface area contributed by atoms with Crippen LogP contribution in [-0.2, 0) is 17.8 Å². The van der Waals surface area contributed by atoms with Crippen LogP contribution in [0.3, 0.4) is 0 Å². The highest BCUT2D eigenvalue weighted by Crippen LogP contribution is 2.25. The number of hydrogen-bond donors (Lipinski definition) is 2. The summed E-state index contributed by atoms with van der Waals surface area (Å²) < 4.78 is 5.86. The number of primary amides is 1. The summed E-state index contributed by atoms with van der Waals surface area (Å²) in [5, 5.41) is 0. The molecule has 0 spiro atoms. The minimum atomic E-state index is -0.312. The van der Waals surface area contributed by atoms with Gasteiger partial charge >= 0.3 is 0 Å². The second kappa shape index (κ2) is 7.09. The van der Waals surface area contributed by atoms with Crippen molar-refractivity contribution >= 4 is 5.91 Å². The Labute approximate surface area is 131 Å². The van der Waals surface area contributed by atoms with Crippen LogP contribution in [0.25, 0.3) is 0 Å². The van der Waals surface area contributed by atoms with Crippen molar-refractivity contribution in [3.05, 3.63) is 59.2 Å². The molecule has 116 valence electrons. The van der Waals surface area contributed by atoms with Gasteiger partial charge in [0.2, 0.25) is 5.91 Å². The van der Waals surface area contributed by atoms with Crippen LogP contribution in [0.2, 0.25) is 0 Å². The Morgan fingerprint density at radius 2 is 1.73 bits per heavy atom. The molecule has 2 rings (SSSR count). The number of nitrogens with two attached hydrogens (primary N) is 2. The lowest BCUT2D eigenvalue weighted by molar-refractivity contribution is -0.121. The van der Waals surface area contributed by atoms with Crippen molar-refractivity contribution in [1.29, 1.82) is 0 Å². The second-order valence-electron chi connectivity index (χ2n) is 5.56. The molecule has 4 nitrogen and oxygen atoms in total. The standard InChI is InChI=1S/C18H22N2O2/c1-12-3-6-16(7-4-12)22-17-8-5-14(11-19)15(10-17)9-13(2)18(20)21/h3-8,10,13H,9,11,19H2,1-2H3,(H2,20,21). The molecule has 0 heterocycles. The molecule has 22 heavy (non-hydrogen) atoms. The first-order chi connectivity index (χ1) is 10.5. The lowest BCUT2D eigenvalue weighted by atomic mass is 9.96. The van der Waals surface area contributed by atoms with E-state index >= 15 is 0 Å². The molecule has 2 aromatic carbocycles. The number of carbonyl (C=O) groups is 1. The van der Waals surface area contributed by atoms with Gasteiger partial charge in [0.05, 0.1) is 0 Å². The smallest absolute Gasteiger partial charge is 0.220 e. The van der Waals surface area contributed by atoms with Gasteiger partial charge in [-0.1, -0.05) is 30.7 Å². The molecule has 1 atom stereocenters. The summed E-state index contributed by atoms with van der Waals surface area (Å²) in [6, 6.07) is 13.6. The molecule has 4 heteroatoms. The van der Waals surface area contributed by atoms with Gasteiger partial charge in [0.25, 0.3) is 0 Å².